The quantitative estimate of drug-likeness (QED) is 0.562. The normalized spacial score (nSPS) is 10.4. The molecule has 4 rings (SSSR count). The monoisotopic (exact) mass is 352 g/mol. The van der Waals surface area contributed by atoms with Crippen LogP contribution in [-0.2, 0) is 19.5 Å². The Hall–Kier alpha value is -2.59. The Morgan fingerprint density at radius 2 is 1.74 bits per heavy atom. The molecule has 6 heteroatoms. The van der Waals surface area contributed by atoms with Crippen LogP contribution in [0.5, 0.6) is 5.75 Å². The summed E-state index contributed by atoms with van der Waals surface area (Å²) in [7, 11) is 0. The first-order valence-electron chi connectivity index (χ1n) is 6.87. The minimum Gasteiger partial charge on any atom is -0.507 e. The molecule has 0 fully saturated rings. The number of fused-ring (bicyclic) bond motifs is 1. The molecule has 0 aliphatic rings. The molecular formula is C17H12N4OZn. The molecule has 3 heterocycles. The van der Waals surface area contributed by atoms with Gasteiger partial charge in [0.2, 0.25) is 0 Å². The van der Waals surface area contributed by atoms with E-state index >= 15 is 0 Å². The van der Waals surface area contributed by atoms with Crippen LogP contribution in [0.2, 0.25) is 0 Å². The predicted molar refractivity (Wildman–Crippen MR) is 83.8 cm³/mol. The maximum Gasteiger partial charge on any atom is 0.165 e. The number of hydrogen-bond acceptors (Lipinski definition) is 4. The van der Waals surface area contributed by atoms with Gasteiger partial charge < -0.3 is 5.11 Å². The average Bonchev–Trinajstić information content (AvgIpc) is 2.95. The van der Waals surface area contributed by atoms with Crippen molar-refractivity contribution in [2.75, 3.05) is 0 Å². The van der Waals surface area contributed by atoms with Gasteiger partial charge in [-0.1, -0.05) is 12.1 Å². The van der Waals surface area contributed by atoms with Gasteiger partial charge in [-0.05, 0) is 36.4 Å². The number of pyridine rings is 2. The van der Waals surface area contributed by atoms with E-state index in [4.69, 9.17) is 0 Å². The van der Waals surface area contributed by atoms with E-state index in [1.54, 1.807) is 30.7 Å². The summed E-state index contributed by atoms with van der Waals surface area (Å²) in [5.41, 5.74) is 3.00. The molecule has 23 heavy (non-hydrogen) atoms. The predicted octanol–water partition coefficient (Wildman–Crippen LogP) is 3.19. The van der Waals surface area contributed by atoms with Crippen LogP contribution in [0.25, 0.3) is 28.2 Å². The third kappa shape index (κ3) is 2.62. The molecule has 0 aliphatic carbocycles. The van der Waals surface area contributed by atoms with E-state index in [0.717, 1.165) is 16.9 Å². The van der Waals surface area contributed by atoms with Crippen LogP contribution in [-0.4, -0.2) is 24.6 Å². The number of rotatable bonds is 2. The molecule has 1 aromatic carbocycles. The van der Waals surface area contributed by atoms with Crippen LogP contribution in [0.4, 0.5) is 0 Å². The van der Waals surface area contributed by atoms with Gasteiger partial charge in [-0.15, -0.1) is 0 Å². The molecule has 0 amide bonds. The van der Waals surface area contributed by atoms with Crippen molar-refractivity contribution >= 4 is 11.2 Å². The number of aromatic hydroxyl groups is 1. The van der Waals surface area contributed by atoms with E-state index in [-0.39, 0.29) is 25.2 Å². The Balaban J connectivity index is 0.00000156. The van der Waals surface area contributed by atoms with E-state index < -0.39 is 0 Å². The molecule has 0 saturated carbocycles. The largest absolute Gasteiger partial charge is 0.507 e. The Morgan fingerprint density at radius 1 is 0.913 bits per heavy atom. The fraction of sp³-hybridized carbons (Fsp3) is 0. The van der Waals surface area contributed by atoms with Gasteiger partial charge in [0.05, 0.1) is 17.4 Å². The van der Waals surface area contributed by atoms with Gasteiger partial charge in [-0.3, -0.25) is 9.55 Å². The second-order valence-corrected chi connectivity index (χ2v) is 4.85. The molecule has 0 unspecified atom stereocenters. The number of phenols is 1. The van der Waals surface area contributed by atoms with Crippen molar-refractivity contribution < 1.29 is 24.6 Å². The van der Waals surface area contributed by atoms with E-state index in [1.807, 2.05) is 41.0 Å². The van der Waals surface area contributed by atoms with Gasteiger partial charge in [0.25, 0.3) is 0 Å². The molecule has 0 radical (unpaired) electrons. The molecule has 0 aliphatic heterocycles. The van der Waals surface area contributed by atoms with Crippen molar-refractivity contribution in [2.45, 2.75) is 0 Å². The Bertz CT molecular complexity index is 953. The summed E-state index contributed by atoms with van der Waals surface area (Å²) in [6, 6.07) is 14.7. The molecule has 4 aromatic rings. The summed E-state index contributed by atoms with van der Waals surface area (Å²) in [5, 5.41) is 10.2. The first-order valence-corrected chi connectivity index (χ1v) is 6.87. The van der Waals surface area contributed by atoms with Gasteiger partial charge >= 0.3 is 0 Å². The van der Waals surface area contributed by atoms with Crippen LogP contribution < -0.4 is 0 Å². The number of para-hydroxylation sites is 1. The fourth-order valence-electron chi connectivity index (χ4n) is 2.49. The minimum absolute atomic E-state index is 0. The molecule has 108 valence electrons. The van der Waals surface area contributed by atoms with Gasteiger partial charge in [0.15, 0.2) is 11.5 Å². The second-order valence-electron chi connectivity index (χ2n) is 4.85. The van der Waals surface area contributed by atoms with Crippen LogP contribution in [0, 0.1) is 0 Å². The van der Waals surface area contributed by atoms with Crippen LogP contribution >= 0.6 is 0 Å². The maximum atomic E-state index is 10.2. The molecule has 0 spiro atoms. The third-order valence-corrected chi connectivity index (χ3v) is 3.47. The van der Waals surface area contributed by atoms with Crippen molar-refractivity contribution in [3.8, 4) is 22.8 Å². The zero-order chi connectivity index (χ0) is 14.9. The zero-order valence-corrected chi connectivity index (χ0v) is 15.3. The van der Waals surface area contributed by atoms with Crippen LogP contribution in [0.1, 0.15) is 0 Å². The van der Waals surface area contributed by atoms with Crippen molar-refractivity contribution in [1.29, 1.82) is 0 Å². The summed E-state index contributed by atoms with van der Waals surface area (Å²) in [4.78, 5) is 13.2. The van der Waals surface area contributed by atoms with E-state index in [2.05, 4.69) is 15.0 Å². The number of aromatic nitrogens is 4. The first-order chi connectivity index (χ1) is 10.8. The second kappa shape index (κ2) is 6.26. The molecule has 0 saturated heterocycles. The molecule has 0 atom stereocenters. The smallest absolute Gasteiger partial charge is 0.165 e. The van der Waals surface area contributed by atoms with Crippen LogP contribution in [0.3, 0.4) is 0 Å². The summed E-state index contributed by atoms with van der Waals surface area (Å²) < 4.78 is 1.90. The SMILES string of the molecule is Oc1ccccc1-c1nc2cccnc2n1-c1cccnc1.[Zn]. The Morgan fingerprint density at radius 3 is 2.52 bits per heavy atom. The van der Waals surface area contributed by atoms with Gasteiger partial charge in [-0.2, -0.15) is 0 Å². The van der Waals surface area contributed by atoms with Gasteiger partial charge in [0, 0.05) is 31.9 Å². The Kier molecular flexibility index (Phi) is 4.17. The number of imidazole rings is 1. The minimum atomic E-state index is 0. The standard InChI is InChI=1S/C17H12N4O.Zn/c22-15-8-2-1-6-13(15)16-20-14-7-4-10-19-17(14)21(16)12-5-3-9-18-11-12;/h1-11,22H;. The molecule has 0 bridgehead atoms. The van der Waals surface area contributed by atoms with Crippen LogP contribution in [0.15, 0.2) is 67.1 Å². The molecule has 5 nitrogen and oxygen atoms in total. The molecule has 3 aromatic heterocycles. The molecular weight excluding hydrogens is 342 g/mol. The topological polar surface area (TPSA) is 63.8 Å². The van der Waals surface area contributed by atoms with Gasteiger partial charge in [0.1, 0.15) is 11.3 Å². The van der Waals surface area contributed by atoms with Crippen molar-refractivity contribution in [1.82, 2.24) is 19.5 Å². The number of benzene rings is 1. The zero-order valence-electron chi connectivity index (χ0n) is 12.3. The molecule has 1 N–H and O–H groups in total. The van der Waals surface area contributed by atoms with Crippen molar-refractivity contribution in [2.24, 2.45) is 0 Å². The number of phenolic OH excluding ortho intramolecular Hbond substituents is 1. The summed E-state index contributed by atoms with van der Waals surface area (Å²) in [6.45, 7) is 0. The summed E-state index contributed by atoms with van der Waals surface area (Å²) in [5.74, 6) is 0.822. The Labute approximate surface area is 145 Å². The van der Waals surface area contributed by atoms with Crippen molar-refractivity contribution in [3.05, 3.63) is 67.1 Å². The summed E-state index contributed by atoms with van der Waals surface area (Å²) >= 11 is 0. The van der Waals surface area contributed by atoms with Gasteiger partial charge in [-0.25, -0.2) is 9.97 Å². The van der Waals surface area contributed by atoms with E-state index in [0.29, 0.717) is 11.4 Å². The number of nitrogens with zero attached hydrogens (tertiary/aromatic N) is 4. The third-order valence-electron chi connectivity index (χ3n) is 3.47. The first kappa shape index (κ1) is 15.3. The van der Waals surface area contributed by atoms with E-state index in [1.165, 1.54) is 0 Å². The number of hydrogen-bond donors (Lipinski definition) is 1. The summed E-state index contributed by atoms with van der Waals surface area (Å²) in [6.07, 6.45) is 5.19. The fourth-order valence-corrected chi connectivity index (χ4v) is 2.49. The average molecular weight is 354 g/mol. The van der Waals surface area contributed by atoms with E-state index in [9.17, 15) is 5.11 Å². The van der Waals surface area contributed by atoms with Crippen molar-refractivity contribution in [3.63, 3.8) is 0 Å². The maximum absolute atomic E-state index is 10.2.